The van der Waals surface area contributed by atoms with Crippen LogP contribution < -0.4 is 5.73 Å². The van der Waals surface area contributed by atoms with Crippen molar-refractivity contribution < 1.29 is 5.73 Å². The van der Waals surface area contributed by atoms with Gasteiger partial charge in [-0.25, -0.2) is 0 Å². The molecular formula is C8H18N+. The summed E-state index contributed by atoms with van der Waals surface area (Å²) in [4.78, 5) is 0. The fourth-order valence-corrected chi connectivity index (χ4v) is 1.70. The first-order valence-electron chi connectivity index (χ1n) is 4.14. The average Bonchev–Trinajstić information content (AvgIpc) is 1.90. The Kier molecular flexibility index (Phi) is 2.52. The Bertz CT molecular complexity index is 72.6. The van der Waals surface area contributed by atoms with Gasteiger partial charge < -0.3 is 5.73 Å². The molecule has 3 N–H and O–H groups in total. The maximum Gasteiger partial charge on any atom is 0.0843 e. The van der Waals surface area contributed by atoms with E-state index < -0.39 is 0 Å². The van der Waals surface area contributed by atoms with Crippen LogP contribution in [0.1, 0.15) is 39.0 Å². The van der Waals surface area contributed by atoms with E-state index in [2.05, 4.69) is 12.7 Å². The van der Waals surface area contributed by atoms with E-state index in [4.69, 9.17) is 0 Å². The summed E-state index contributed by atoms with van der Waals surface area (Å²) in [6, 6.07) is 0.685. The summed E-state index contributed by atoms with van der Waals surface area (Å²) >= 11 is 0. The molecule has 1 rings (SSSR count). The van der Waals surface area contributed by atoms with Crippen LogP contribution in [-0.4, -0.2) is 6.04 Å². The molecular weight excluding hydrogens is 110 g/mol. The third kappa shape index (κ3) is 1.98. The average molecular weight is 128 g/mol. The predicted molar refractivity (Wildman–Crippen MR) is 38.9 cm³/mol. The van der Waals surface area contributed by atoms with E-state index in [1.165, 1.54) is 32.1 Å². The molecule has 1 atom stereocenters. The minimum absolute atomic E-state index is 0.685. The minimum Gasteiger partial charge on any atom is -0.355 e. The molecule has 0 aromatic carbocycles. The van der Waals surface area contributed by atoms with E-state index in [0.29, 0.717) is 6.04 Å². The molecule has 0 spiro atoms. The Morgan fingerprint density at radius 1 is 1.22 bits per heavy atom. The summed E-state index contributed by atoms with van der Waals surface area (Å²) in [6.45, 7) is 2.25. The fourth-order valence-electron chi connectivity index (χ4n) is 1.70. The molecule has 1 nitrogen and oxygen atoms in total. The number of hydrogen-bond acceptors (Lipinski definition) is 0. The number of rotatable bonds is 1. The lowest BCUT2D eigenvalue weighted by atomic mass is 9.85. The van der Waals surface area contributed by atoms with Crippen molar-refractivity contribution in [3.05, 3.63) is 0 Å². The fraction of sp³-hybridized carbons (Fsp3) is 1.00. The smallest absolute Gasteiger partial charge is 0.0843 e. The van der Waals surface area contributed by atoms with Crippen molar-refractivity contribution in [2.45, 2.75) is 45.1 Å². The van der Waals surface area contributed by atoms with Crippen LogP contribution in [0, 0.1) is 5.92 Å². The van der Waals surface area contributed by atoms with E-state index in [0.717, 1.165) is 5.92 Å². The van der Waals surface area contributed by atoms with Crippen molar-refractivity contribution in [2.24, 2.45) is 5.92 Å². The maximum atomic E-state index is 4.06. The first-order chi connectivity index (χ1) is 4.30. The molecule has 1 heteroatoms. The van der Waals surface area contributed by atoms with Gasteiger partial charge in [0.25, 0.3) is 0 Å². The van der Waals surface area contributed by atoms with Crippen LogP contribution in [0.5, 0.6) is 0 Å². The van der Waals surface area contributed by atoms with Gasteiger partial charge in [-0.1, -0.05) is 19.3 Å². The molecule has 0 aromatic rings. The topological polar surface area (TPSA) is 27.6 Å². The lowest BCUT2D eigenvalue weighted by Gasteiger charge is -2.22. The summed E-state index contributed by atoms with van der Waals surface area (Å²) in [6.07, 6.45) is 7.23. The summed E-state index contributed by atoms with van der Waals surface area (Å²) in [5.41, 5.74) is 4.06. The van der Waals surface area contributed by atoms with Crippen LogP contribution in [0.2, 0.25) is 0 Å². The largest absolute Gasteiger partial charge is 0.355 e. The lowest BCUT2D eigenvalue weighted by Crippen LogP contribution is -2.62. The second-order valence-electron chi connectivity index (χ2n) is 3.38. The molecule has 54 valence electrons. The summed E-state index contributed by atoms with van der Waals surface area (Å²) < 4.78 is 0. The van der Waals surface area contributed by atoms with Crippen molar-refractivity contribution in [1.82, 2.24) is 0 Å². The highest BCUT2D eigenvalue weighted by Crippen LogP contribution is 2.24. The first kappa shape index (κ1) is 7.07. The molecule has 1 unspecified atom stereocenters. The molecule has 0 amide bonds. The monoisotopic (exact) mass is 128 g/mol. The van der Waals surface area contributed by atoms with Gasteiger partial charge in [-0.3, -0.25) is 0 Å². The van der Waals surface area contributed by atoms with Gasteiger partial charge in [0.2, 0.25) is 0 Å². The number of hydrogen-bond donors (Lipinski definition) is 1. The molecule has 0 saturated heterocycles. The van der Waals surface area contributed by atoms with Gasteiger partial charge in [-0.05, 0) is 19.8 Å². The maximum absolute atomic E-state index is 4.06. The van der Waals surface area contributed by atoms with E-state index in [1.54, 1.807) is 0 Å². The Hall–Kier alpha value is -0.0400. The zero-order valence-corrected chi connectivity index (χ0v) is 6.40. The van der Waals surface area contributed by atoms with Crippen molar-refractivity contribution in [2.75, 3.05) is 0 Å². The van der Waals surface area contributed by atoms with E-state index in [-0.39, 0.29) is 0 Å². The lowest BCUT2D eigenvalue weighted by molar-refractivity contribution is -0.428. The van der Waals surface area contributed by atoms with Crippen molar-refractivity contribution >= 4 is 0 Å². The zero-order valence-electron chi connectivity index (χ0n) is 6.40. The molecule has 0 aromatic heterocycles. The summed E-state index contributed by atoms with van der Waals surface area (Å²) in [5, 5.41) is 0. The van der Waals surface area contributed by atoms with E-state index in [1.807, 2.05) is 0 Å². The van der Waals surface area contributed by atoms with Gasteiger partial charge in [0.05, 0.1) is 6.04 Å². The Morgan fingerprint density at radius 3 is 2.11 bits per heavy atom. The molecule has 0 radical (unpaired) electrons. The third-order valence-electron chi connectivity index (χ3n) is 2.45. The molecule has 1 fully saturated rings. The summed E-state index contributed by atoms with van der Waals surface area (Å²) in [7, 11) is 0. The van der Waals surface area contributed by atoms with Gasteiger partial charge in [-0.2, -0.15) is 0 Å². The van der Waals surface area contributed by atoms with Crippen molar-refractivity contribution in [3.63, 3.8) is 0 Å². The van der Waals surface area contributed by atoms with Crippen LogP contribution in [0.25, 0.3) is 0 Å². The van der Waals surface area contributed by atoms with Gasteiger partial charge >= 0.3 is 0 Å². The van der Waals surface area contributed by atoms with Crippen LogP contribution in [-0.2, 0) is 0 Å². The number of quaternary nitrogens is 1. The Labute approximate surface area is 57.6 Å². The van der Waals surface area contributed by atoms with Crippen molar-refractivity contribution in [1.29, 1.82) is 0 Å². The molecule has 9 heavy (non-hydrogen) atoms. The van der Waals surface area contributed by atoms with Crippen LogP contribution in [0.15, 0.2) is 0 Å². The van der Waals surface area contributed by atoms with Gasteiger partial charge in [0.15, 0.2) is 0 Å². The highest BCUT2D eigenvalue weighted by atomic mass is 14.6. The molecule has 0 aliphatic heterocycles. The second-order valence-corrected chi connectivity index (χ2v) is 3.38. The zero-order chi connectivity index (χ0) is 6.69. The molecule has 1 saturated carbocycles. The highest BCUT2D eigenvalue weighted by Gasteiger charge is 2.18. The van der Waals surface area contributed by atoms with Crippen LogP contribution >= 0.6 is 0 Å². The third-order valence-corrected chi connectivity index (χ3v) is 2.45. The minimum atomic E-state index is 0.685. The predicted octanol–water partition coefficient (Wildman–Crippen LogP) is 1.20. The molecule has 1 aliphatic rings. The van der Waals surface area contributed by atoms with Gasteiger partial charge in [-0.15, -0.1) is 0 Å². The second kappa shape index (κ2) is 3.21. The van der Waals surface area contributed by atoms with Crippen LogP contribution in [0.3, 0.4) is 0 Å². The first-order valence-corrected chi connectivity index (χ1v) is 4.14. The molecule has 1 aliphatic carbocycles. The molecule has 0 bridgehead atoms. The van der Waals surface area contributed by atoms with E-state index >= 15 is 0 Å². The van der Waals surface area contributed by atoms with Crippen molar-refractivity contribution in [3.8, 4) is 0 Å². The molecule has 0 heterocycles. The highest BCUT2D eigenvalue weighted by molar-refractivity contribution is 4.68. The SMILES string of the molecule is CC([NH3+])C1CCCCC1. The Morgan fingerprint density at radius 2 is 1.78 bits per heavy atom. The van der Waals surface area contributed by atoms with Gasteiger partial charge in [0, 0.05) is 5.92 Å². The standard InChI is InChI=1S/C8H17N/c1-7(9)8-5-3-2-4-6-8/h7-8H,2-6,9H2,1H3/p+1. The van der Waals surface area contributed by atoms with Crippen LogP contribution in [0.4, 0.5) is 0 Å². The summed E-state index contributed by atoms with van der Waals surface area (Å²) in [5.74, 6) is 0.943. The normalized spacial score (nSPS) is 26.0. The Balaban J connectivity index is 2.23. The van der Waals surface area contributed by atoms with Gasteiger partial charge in [0.1, 0.15) is 0 Å². The van der Waals surface area contributed by atoms with E-state index in [9.17, 15) is 0 Å². The quantitative estimate of drug-likeness (QED) is 0.549.